The molecular formula is C7H8FNO. The van der Waals surface area contributed by atoms with Crippen LogP contribution in [-0.4, -0.2) is 17.4 Å². The van der Waals surface area contributed by atoms with Gasteiger partial charge in [-0.3, -0.25) is 0 Å². The molecule has 0 aromatic carbocycles. The van der Waals surface area contributed by atoms with Gasteiger partial charge in [0.1, 0.15) is 6.61 Å². The molecular weight excluding hydrogens is 133 g/mol. The van der Waals surface area contributed by atoms with Gasteiger partial charge >= 0.3 is 0 Å². The first-order valence-electron chi connectivity index (χ1n) is 3.24. The van der Waals surface area contributed by atoms with Gasteiger partial charge in [-0.05, 0) is 12.1 Å². The van der Waals surface area contributed by atoms with Crippen molar-refractivity contribution in [2.75, 3.05) is 6.61 Å². The molecule has 0 radical (unpaired) electrons. The first-order valence-corrected chi connectivity index (χ1v) is 3.24. The first kappa shape index (κ1) is 5.92. The van der Waals surface area contributed by atoms with E-state index in [9.17, 15) is 4.39 Å². The van der Waals surface area contributed by atoms with Gasteiger partial charge in [0.15, 0.2) is 0 Å². The third kappa shape index (κ3) is 1.04. The highest BCUT2D eigenvalue weighted by Crippen LogP contribution is 2.31. The van der Waals surface area contributed by atoms with E-state index in [4.69, 9.17) is 0 Å². The molecule has 2 rings (SSSR count). The second kappa shape index (κ2) is 1.83. The molecule has 1 aromatic heterocycles. The zero-order valence-electron chi connectivity index (χ0n) is 5.43. The van der Waals surface area contributed by atoms with Gasteiger partial charge in [0.05, 0.1) is 0 Å². The lowest BCUT2D eigenvalue weighted by atomic mass is 10.2. The molecule has 1 aliphatic rings. The van der Waals surface area contributed by atoms with Crippen LogP contribution in [-0.2, 0) is 11.2 Å². The highest BCUT2D eigenvalue weighted by atomic mass is 19.2. The molecule has 0 bridgehead atoms. The minimum absolute atomic E-state index is 0.242. The first-order chi connectivity index (χ1) is 4.79. The highest BCUT2D eigenvalue weighted by Gasteiger charge is 2.45. The Kier molecular flexibility index (Phi) is 1.08. The molecule has 10 heavy (non-hydrogen) atoms. The number of hydrogen-bond acceptors (Lipinski definition) is 1. The van der Waals surface area contributed by atoms with Crippen molar-refractivity contribution in [2.24, 2.45) is 0 Å². The predicted molar refractivity (Wildman–Crippen MR) is 34.3 cm³/mol. The van der Waals surface area contributed by atoms with E-state index in [1.807, 2.05) is 12.1 Å². The number of H-pyrrole nitrogens is 1. The summed E-state index contributed by atoms with van der Waals surface area (Å²) in [5, 5.41) is 0. The topological polar surface area (TPSA) is 28.3 Å². The molecule has 1 aromatic rings. The summed E-state index contributed by atoms with van der Waals surface area (Å²) in [4.78, 5) is 2.91. The number of epoxide rings is 1. The van der Waals surface area contributed by atoms with Crippen LogP contribution < -0.4 is 0 Å². The quantitative estimate of drug-likeness (QED) is 0.617. The fourth-order valence-electron chi connectivity index (χ4n) is 0.942. The van der Waals surface area contributed by atoms with Crippen molar-refractivity contribution in [1.29, 1.82) is 0 Å². The summed E-state index contributed by atoms with van der Waals surface area (Å²) >= 11 is 0. The van der Waals surface area contributed by atoms with Crippen molar-refractivity contribution in [3.8, 4) is 0 Å². The molecule has 1 atom stereocenters. The summed E-state index contributed by atoms with van der Waals surface area (Å²) in [6, 6.07) is 3.70. The molecule has 2 heterocycles. The van der Waals surface area contributed by atoms with Crippen LogP contribution in [0.1, 0.15) is 5.69 Å². The van der Waals surface area contributed by atoms with Crippen molar-refractivity contribution in [1.82, 2.24) is 4.98 Å². The molecule has 0 saturated carbocycles. The fraction of sp³-hybridized carbons (Fsp3) is 0.429. The molecule has 3 heteroatoms. The molecule has 0 aliphatic carbocycles. The Hall–Kier alpha value is -0.830. The molecule has 1 fully saturated rings. The van der Waals surface area contributed by atoms with Crippen LogP contribution in [0.5, 0.6) is 0 Å². The van der Waals surface area contributed by atoms with Gasteiger partial charge in [0.25, 0.3) is 0 Å². The van der Waals surface area contributed by atoms with Gasteiger partial charge in [-0.25, -0.2) is 4.39 Å². The van der Waals surface area contributed by atoms with E-state index < -0.39 is 5.85 Å². The van der Waals surface area contributed by atoms with Crippen molar-refractivity contribution in [3.63, 3.8) is 0 Å². The maximum Gasteiger partial charge on any atom is 0.238 e. The number of hydrogen-bond donors (Lipinski definition) is 1. The summed E-state index contributed by atoms with van der Waals surface area (Å²) in [6.45, 7) is 0.242. The van der Waals surface area contributed by atoms with E-state index in [2.05, 4.69) is 9.72 Å². The Morgan fingerprint density at radius 2 is 2.60 bits per heavy atom. The Bertz CT molecular complexity index is 216. The lowest BCUT2D eigenvalue weighted by Crippen LogP contribution is -2.06. The van der Waals surface area contributed by atoms with E-state index >= 15 is 0 Å². The van der Waals surface area contributed by atoms with Crippen molar-refractivity contribution >= 4 is 0 Å². The van der Waals surface area contributed by atoms with Crippen LogP contribution in [0, 0.1) is 0 Å². The Morgan fingerprint density at radius 1 is 1.80 bits per heavy atom. The summed E-state index contributed by atoms with van der Waals surface area (Å²) in [7, 11) is 0. The van der Waals surface area contributed by atoms with Crippen LogP contribution in [0.3, 0.4) is 0 Å². The van der Waals surface area contributed by atoms with Crippen LogP contribution in [0.2, 0.25) is 0 Å². The lowest BCUT2D eigenvalue weighted by molar-refractivity contribution is 0.140. The standard InChI is InChI=1S/C7H8FNO/c8-7(5-10-7)4-6-2-1-3-9-6/h1-3,9H,4-5H2. The molecule has 0 amide bonds. The number of alkyl halides is 1. The maximum absolute atomic E-state index is 12.8. The van der Waals surface area contributed by atoms with E-state index in [1.54, 1.807) is 6.20 Å². The summed E-state index contributed by atoms with van der Waals surface area (Å²) in [5.74, 6) is -1.36. The van der Waals surface area contributed by atoms with Gasteiger partial charge in [-0.2, -0.15) is 0 Å². The van der Waals surface area contributed by atoms with Crippen LogP contribution >= 0.6 is 0 Å². The zero-order chi connectivity index (χ0) is 7.03. The minimum atomic E-state index is -1.36. The lowest BCUT2D eigenvalue weighted by Gasteiger charge is -1.96. The molecule has 1 N–H and O–H groups in total. The normalized spacial score (nSPS) is 30.5. The fourth-order valence-corrected chi connectivity index (χ4v) is 0.942. The smallest absolute Gasteiger partial charge is 0.238 e. The molecule has 2 nitrogen and oxygen atoms in total. The second-order valence-electron chi connectivity index (χ2n) is 2.54. The third-order valence-corrected chi connectivity index (χ3v) is 1.57. The van der Waals surface area contributed by atoms with E-state index in [1.165, 1.54) is 0 Å². The van der Waals surface area contributed by atoms with E-state index in [0.29, 0.717) is 6.42 Å². The Morgan fingerprint density at radius 3 is 3.10 bits per heavy atom. The van der Waals surface area contributed by atoms with Crippen molar-refractivity contribution in [3.05, 3.63) is 24.0 Å². The van der Waals surface area contributed by atoms with Crippen molar-refractivity contribution < 1.29 is 9.13 Å². The van der Waals surface area contributed by atoms with Gasteiger partial charge in [-0.15, -0.1) is 0 Å². The zero-order valence-corrected chi connectivity index (χ0v) is 5.43. The number of ether oxygens (including phenoxy) is 1. The van der Waals surface area contributed by atoms with Gasteiger partial charge in [0, 0.05) is 18.3 Å². The van der Waals surface area contributed by atoms with E-state index in [0.717, 1.165) is 5.69 Å². The molecule has 1 saturated heterocycles. The number of aromatic amines is 1. The minimum Gasteiger partial charge on any atom is -0.365 e. The second-order valence-corrected chi connectivity index (χ2v) is 2.54. The Balaban J connectivity index is 2.04. The van der Waals surface area contributed by atoms with E-state index in [-0.39, 0.29) is 6.61 Å². The molecule has 54 valence electrons. The van der Waals surface area contributed by atoms with Crippen LogP contribution in [0.15, 0.2) is 18.3 Å². The SMILES string of the molecule is FC1(Cc2ccc[nH]2)CO1. The van der Waals surface area contributed by atoms with Gasteiger partial charge < -0.3 is 9.72 Å². The molecule has 0 spiro atoms. The van der Waals surface area contributed by atoms with Gasteiger partial charge in [0.2, 0.25) is 5.85 Å². The van der Waals surface area contributed by atoms with Gasteiger partial charge in [-0.1, -0.05) is 0 Å². The van der Waals surface area contributed by atoms with Crippen molar-refractivity contribution in [2.45, 2.75) is 12.3 Å². The van der Waals surface area contributed by atoms with Crippen LogP contribution in [0.25, 0.3) is 0 Å². The molecule has 1 aliphatic heterocycles. The summed E-state index contributed by atoms with van der Waals surface area (Å²) < 4.78 is 17.4. The Labute approximate surface area is 58.0 Å². The number of halogens is 1. The average Bonchev–Trinajstić information content (AvgIpc) is 2.47. The van der Waals surface area contributed by atoms with Crippen LogP contribution in [0.4, 0.5) is 4.39 Å². The summed E-state index contributed by atoms with van der Waals surface area (Å²) in [6.07, 6.45) is 2.13. The number of rotatable bonds is 2. The maximum atomic E-state index is 12.8. The highest BCUT2D eigenvalue weighted by molar-refractivity contribution is 5.07. The average molecular weight is 141 g/mol. The largest absolute Gasteiger partial charge is 0.365 e. The third-order valence-electron chi connectivity index (χ3n) is 1.57. The monoisotopic (exact) mass is 141 g/mol. The summed E-state index contributed by atoms with van der Waals surface area (Å²) in [5.41, 5.74) is 0.889. The number of aromatic nitrogens is 1. The predicted octanol–water partition coefficient (Wildman–Crippen LogP) is 1.25. The number of nitrogens with one attached hydrogen (secondary N) is 1. The molecule has 1 unspecified atom stereocenters.